The number of ether oxygens (including phenoxy) is 2. The van der Waals surface area contributed by atoms with Gasteiger partial charge in [-0.15, -0.1) is 11.3 Å². The lowest BCUT2D eigenvalue weighted by Crippen LogP contribution is -2.01. The molecule has 0 radical (unpaired) electrons. The predicted octanol–water partition coefficient (Wildman–Crippen LogP) is 5.75. The van der Waals surface area contributed by atoms with Gasteiger partial charge in [0.1, 0.15) is 5.01 Å². The van der Waals surface area contributed by atoms with E-state index in [-0.39, 0.29) is 0 Å². The Morgan fingerprint density at radius 1 is 1.12 bits per heavy atom. The van der Waals surface area contributed by atoms with Crippen LogP contribution in [-0.2, 0) is 4.79 Å². The van der Waals surface area contributed by atoms with Crippen LogP contribution < -0.4 is 25.8 Å². The maximum absolute atomic E-state index is 10.7. The fourth-order valence-electron chi connectivity index (χ4n) is 2.96. The first-order valence-electron chi connectivity index (χ1n) is 10.0. The normalized spacial score (nSPS) is 12.1. The number of thiazole rings is 1. The second-order valence-electron chi connectivity index (χ2n) is 6.84. The number of allylic oxidation sites excluding steroid dienone is 2. The second kappa shape index (κ2) is 11.4. The van der Waals surface area contributed by atoms with E-state index in [2.05, 4.69) is 10.6 Å². The molecular formula is C24H26N4O3S2. The number of nitrogens with two attached hydrogens (primary N) is 1. The molecule has 0 aliphatic rings. The van der Waals surface area contributed by atoms with Crippen molar-refractivity contribution < 1.29 is 14.3 Å². The molecule has 0 spiro atoms. The molecule has 0 fully saturated rings. The summed E-state index contributed by atoms with van der Waals surface area (Å²) in [5, 5.41) is 9.77. The van der Waals surface area contributed by atoms with E-state index in [0.29, 0.717) is 29.3 Å². The van der Waals surface area contributed by atoms with Crippen LogP contribution in [0.2, 0.25) is 0 Å². The van der Waals surface area contributed by atoms with Gasteiger partial charge in [0.25, 0.3) is 0 Å². The lowest BCUT2D eigenvalue weighted by Gasteiger charge is -2.14. The number of rotatable bonds is 10. The Bertz CT molecular complexity index is 1180. The standard InChI is InChI=1S/C24H26N4O3S2/c1-5-22(27-18-9-10-20(30-3)21(12-18)31-4)33-23(15(2)25)24-28-19(13-32-24)16-7-6-8-17(11-16)26-14-29/h5-14,27H,25H2,1-4H3,(H,26,29)/b22-5+,23-15+. The summed E-state index contributed by atoms with van der Waals surface area (Å²) in [5.74, 6) is 1.31. The Kier molecular flexibility index (Phi) is 8.39. The van der Waals surface area contributed by atoms with E-state index in [1.807, 2.05) is 67.8 Å². The van der Waals surface area contributed by atoms with Crippen molar-refractivity contribution in [1.82, 2.24) is 4.98 Å². The van der Waals surface area contributed by atoms with Gasteiger partial charge < -0.3 is 25.8 Å². The highest BCUT2D eigenvalue weighted by Gasteiger charge is 2.15. The molecule has 0 saturated carbocycles. The molecule has 9 heteroatoms. The fraction of sp³-hybridized carbons (Fsp3) is 0.167. The molecule has 33 heavy (non-hydrogen) atoms. The number of aromatic nitrogens is 1. The van der Waals surface area contributed by atoms with E-state index in [0.717, 1.165) is 31.9 Å². The zero-order chi connectivity index (χ0) is 23.8. The molecule has 2 aromatic carbocycles. The highest BCUT2D eigenvalue weighted by Crippen LogP contribution is 2.39. The summed E-state index contributed by atoms with van der Waals surface area (Å²) in [5.41, 5.74) is 10.2. The van der Waals surface area contributed by atoms with E-state index in [1.54, 1.807) is 14.2 Å². The molecule has 0 atom stereocenters. The van der Waals surface area contributed by atoms with Gasteiger partial charge in [0, 0.05) is 34.1 Å². The quantitative estimate of drug-likeness (QED) is 0.317. The highest BCUT2D eigenvalue weighted by molar-refractivity contribution is 8.12. The smallest absolute Gasteiger partial charge is 0.211 e. The number of carbonyl (C=O) groups is 1. The number of nitrogens with one attached hydrogen (secondary N) is 2. The summed E-state index contributed by atoms with van der Waals surface area (Å²) >= 11 is 3.03. The van der Waals surface area contributed by atoms with Crippen LogP contribution in [0.3, 0.4) is 0 Å². The second-order valence-corrected chi connectivity index (χ2v) is 8.75. The minimum atomic E-state index is 0.643. The molecule has 0 bridgehead atoms. The number of methoxy groups -OCH3 is 2. The molecule has 172 valence electrons. The Labute approximate surface area is 201 Å². The SMILES string of the molecule is C/C=C(\Nc1ccc(OC)c(OC)c1)S/C(=C(\C)N)c1nc(-c2cccc(NC=O)c2)cs1. The molecule has 4 N–H and O–H groups in total. The van der Waals surface area contributed by atoms with Gasteiger partial charge in [0.2, 0.25) is 6.41 Å². The van der Waals surface area contributed by atoms with Crippen LogP contribution in [0.4, 0.5) is 11.4 Å². The van der Waals surface area contributed by atoms with Crippen molar-refractivity contribution >= 4 is 45.8 Å². The lowest BCUT2D eigenvalue weighted by atomic mass is 10.1. The van der Waals surface area contributed by atoms with Crippen molar-refractivity contribution in [2.75, 3.05) is 24.9 Å². The first kappa shape index (κ1) is 24.2. The lowest BCUT2D eigenvalue weighted by molar-refractivity contribution is -0.105. The minimum absolute atomic E-state index is 0.643. The van der Waals surface area contributed by atoms with Crippen LogP contribution >= 0.6 is 23.1 Å². The number of carbonyl (C=O) groups excluding carboxylic acids is 1. The van der Waals surface area contributed by atoms with Crippen LogP contribution in [0.1, 0.15) is 18.9 Å². The van der Waals surface area contributed by atoms with Crippen LogP contribution in [0.5, 0.6) is 11.5 Å². The summed E-state index contributed by atoms with van der Waals surface area (Å²) < 4.78 is 10.7. The van der Waals surface area contributed by atoms with Crippen molar-refractivity contribution in [3.8, 4) is 22.8 Å². The third-order valence-electron chi connectivity index (χ3n) is 4.57. The fourth-order valence-corrected chi connectivity index (χ4v) is 4.86. The van der Waals surface area contributed by atoms with Crippen molar-refractivity contribution in [2.24, 2.45) is 5.73 Å². The minimum Gasteiger partial charge on any atom is -0.493 e. The van der Waals surface area contributed by atoms with Gasteiger partial charge in [-0.3, -0.25) is 4.79 Å². The summed E-state index contributed by atoms with van der Waals surface area (Å²) in [7, 11) is 3.22. The van der Waals surface area contributed by atoms with Gasteiger partial charge in [-0.05, 0) is 38.1 Å². The van der Waals surface area contributed by atoms with E-state index >= 15 is 0 Å². The molecule has 3 aromatic rings. The van der Waals surface area contributed by atoms with Crippen molar-refractivity contribution in [1.29, 1.82) is 0 Å². The molecule has 1 heterocycles. The van der Waals surface area contributed by atoms with Gasteiger partial charge >= 0.3 is 0 Å². The molecular weight excluding hydrogens is 456 g/mol. The van der Waals surface area contributed by atoms with Gasteiger partial charge in [0.15, 0.2) is 11.5 Å². The number of hydrogen-bond donors (Lipinski definition) is 3. The van der Waals surface area contributed by atoms with Gasteiger partial charge in [-0.2, -0.15) is 0 Å². The molecule has 0 saturated heterocycles. The van der Waals surface area contributed by atoms with Crippen LogP contribution in [0.15, 0.2) is 64.6 Å². The average Bonchev–Trinajstić information content (AvgIpc) is 3.31. The summed E-state index contributed by atoms with van der Waals surface area (Å²) in [4.78, 5) is 16.4. The zero-order valence-corrected chi connectivity index (χ0v) is 20.5. The first-order chi connectivity index (χ1) is 16.0. The summed E-state index contributed by atoms with van der Waals surface area (Å²) in [6, 6.07) is 13.2. The molecule has 0 unspecified atom stereocenters. The number of amides is 1. The third kappa shape index (κ3) is 6.09. The topological polar surface area (TPSA) is 98.5 Å². The Morgan fingerprint density at radius 2 is 1.91 bits per heavy atom. The zero-order valence-electron chi connectivity index (χ0n) is 18.8. The number of hydrogen-bond acceptors (Lipinski definition) is 8. The largest absolute Gasteiger partial charge is 0.493 e. The van der Waals surface area contributed by atoms with E-state index < -0.39 is 0 Å². The predicted molar refractivity (Wildman–Crippen MR) is 139 cm³/mol. The molecule has 1 amide bonds. The van der Waals surface area contributed by atoms with Gasteiger partial charge in [-0.25, -0.2) is 4.98 Å². The van der Waals surface area contributed by atoms with Gasteiger partial charge in [-0.1, -0.05) is 30.0 Å². The average molecular weight is 483 g/mol. The van der Waals surface area contributed by atoms with E-state index in [9.17, 15) is 4.79 Å². The Balaban J connectivity index is 1.82. The molecule has 0 aliphatic carbocycles. The van der Waals surface area contributed by atoms with Gasteiger partial charge in [0.05, 0.1) is 29.8 Å². The van der Waals surface area contributed by atoms with Crippen molar-refractivity contribution in [2.45, 2.75) is 13.8 Å². The monoisotopic (exact) mass is 482 g/mol. The van der Waals surface area contributed by atoms with Crippen LogP contribution in [-0.4, -0.2) is 25.6 Å². The summed E-state index contributed by atoms with van der Waals surface area (Å²) in [6.45, 7) is 3.82. The number of nitrogens with zero attached hydrogens (tertiary/aromatic N) is 1. The number of thioether (sulfide) groups is 1. The van der Waals surface area contributed by atoms with E-state index in [4.69, 9.17) is 20.2 Å². The Morgan fingerprint density at radius 3 is 2.58 bits per heavy atom. The first-order valence-corrected chi connectivity index (χ1v) is 11.7. The molecule has 0 aliphatic heterocycles. The molecule has 3 rings (SSSR count). The number of benzene rings is 2. The highest BCUT2D eigenvalue weighted by atomic mass is 32.2. The van der Waals surface area contributed by atoms with Crippen molar-refractivity contribution in [3.63, 3.8) is 0 Å². The Hall–Kier alpha value is -3.43. The van der Waals surface area contributed by atoms with Crippen LogP contribution in [0, 0.1) is 0 Å². The van der Waals surface area contributed by atoms with Crippen LogP contribution in [0.25, 0.3) is 16.2 Å². The third-order valence-corrected chi connectivity index (χ3v) is 6.83. The molecule has 1 aromatic heterocycles. The van der Waals surface area contributed by atoms with E-state index in [1.165, 1.54) is 23.1 Å². The van der Waals surface area contributed by atoms with Crippen molar-refractivity contribution in [3.05, 3.63) is 69.7 Å². The molecule has 7 nitrogen and oxygen atoms in total. The number of anilines is 2. The maximum Gasteiger partial charge on any atom is 0.211 e. The maximum atomic E-state index is 10.7. The summed E-state index contributed by atoms with van der Waals surface area (Å²) in [6.07, 6.45) is 2.64.